The van der Waals surface area contributed by atoms with Crippen LogP contribution < -0.4 is 0 Å². The average Bonchev–Trinajstić information content (AvgIpc) is 3.19. The summed E-state index contributed by atoms with van der Waals surface area (Å²) in [7, 11) is -3.48. The van der Waals surface area contributed by atoms with E-state index in [-0.39, 0.29) is 6.04 Å². The molecule has 1 aromatic heterocycles. The maximum Gasteiger partial charge on any atom is 0.282 e. The summed E-state index contributed by atoms with van der Waals surface area (Å²) in [6.45, 7) is 2.97. The van der Waals surface area contributed by atoms with Crippen LogP contribution in [0.5, 0.6) is 0 Å². The fourth-order valence-electron chi connectivity index (χ4n) is 3.15. The van der Waals surface area contributed by atoms with Gasteiger partial charge in [0.1, 0.15) is 5.76 Å². The lowest BCUT2D eigenvalue weighted by atomic mass is 10.2. The van der Waals surface area contributed by atoms with E-state index in [9.17, 15) is 8.42 Å². The van der Waals surface area contributed by atoms with Gasteiger partial charge in [-0.05, 0) is 25.0 Å². The lowest BCUT2D eigenvalue weighted by molar-refractivity contribution is 0.194. The van der Waals surface area contributed by atoms with Crippen molar-refractivity contribution in [3.8, 4) is 6.07 Å². The van der Waals surface area contributed by atoms with Crippen molar-refractivity contribution in [3.63, 3.8) is 0 Å². The molecule has 0 N–H and O–H groups in total. The molecule has 120 valence electrons. The molecule has 22 heavy (non-hydrogen) atoms. The highest BCUT2D eigenvalue weighted by Crippen LogP contribution is 2.35. The number of piperazine rings is 1. The fourth-order valence-corrected chi connectivity index (χ4v) is 4.96. The van der Waals surface area contributed by atoms with E-state index >= 15 is 0 Å². The number of nitriles is 1. The average molecular weight is 324 g/mol. The molecule has 0 bridgehead atoms. The van der Waals surface area contributed by atoms with E-state index in [2.05, 4.69) is 6.07 Å². The summed E-state index contributed by atoms with van der Waals surface area (Å²) >= 11 is 0. The Morgan fingerprint density at radius 3 is 2.68 bits per heavy atom. The largest absolute Gasteiger partial charge is 0.468 e. The number of nitrogens with zero attached hydrogens (tertiary/aromatic N) is 4. The van der Waals surface area contributed by atoms with E-state index in [0.29, 0.717) is 45.0 Å². The molecule has 0 spiro atoms. The van der Waals surface area contributed by atoms with Crippen LogP contribution in [0.2, 0.25) is 0 Å². The Kier molecular flexibility index (Phi) is 4.49. The Labute approximate surface area is 130 Å². The summed E-state index contributed by atoms with van der Waals surface area (Å²) < 4.78 is 34.3. The highest BCUT2D eigenvalue weighted by molar-refractivity contribution is 7.86. The van der Waals surface area contributed by atoms with Crippen molar-refractivity contribution in [2.75, 3.05) is 39.3 Å². The van der Waals surface area contributed by atoms with Crippen LogP contribution in [0.4, 0.5) is 0 Å². The first kappa shape index (κ1) is 15.5. The molecule has 7 nitrogen and oxygen atoms in total. The molecule has 1 atom stereocenters. The standard InChI is InChI=1S/C14H20N4O3S/c15-5-7-16-8-10-17(11-9-16)22(19,20)18-6-1-3-13(18)14-4-2-12-21-14/h2,4,12-13H,1,3,6-11H2. The third-order valence-corrected chi connectivity index (χ3v) is 6.37. The third kappa shape index (κ3) is 2.90. The van der Waals surface area contributed by atoms with Gasteiger partial charge >= 0.3 is 0 Å². The van der Waals surface area contributed by atoms with Crippen molar-refractivity contribution in [1.82, 2.24) is 13.5 Å². The van der Waals surface area contributed by atoms with Crippen LogP contribution in [0.15, 0.2) is 22.8 Å². The van der Waals surface area contributed by atoms with Gasteiger partial charge in [0.15, 0.2) is 0 Å². The highest BCUT2D eigenvalue weighted by Gasteiger charge is 2.40. The first-order chi connectivity index (χ1) is 10.6. The van der Waals surface area contributed by atoms with Gasteiger partial charge in [0.05, 0.1) is 24.9 Å². The Balaban J connectivity index is 1.72. The van der Waals surface area contributed by atoms with E-state index < -0.39 is 10.2 Å². The van der Waals surface area contributed by atoms with Gasteiger partial charge in [-0.3, -0.25) is 4.90 Å². The molecular weight excluding hydrogens is 304 g/mol. The van der Waals surface area contributed by atoms with Gasteiger partial charge in [-0.1, -0.05) is 0 Å². The van der Waals surface area contributed by atoms with Gasteiger partial charge in [-0.2, -0.15) is 22.3 Å². The summed E-state index contributed by atoms with van der Waals surface area (Å²) in [6.07, 6.45) is 3.22. The van der Waals surface area contributed by atoms with Crippen LogP contribution in [-0.2, 0) is 10.2 Å². The van der Waals surface area contributed by atoms with Crippen LogP contribution in [-0.4, -0.2) is 61.2 Å². The predicted molar refractivity (Wildman–Crippen MR) is 79.9 cm³/mol. The third-order valence-electron chi connectivity index (χ3n) is 4.32. The van der Waals surface area contributed by atoms with Gasteiger partial charge in [-0.25, -0.2) is 0 Å². The second-order valence-corrected chi connectivity index (χ2v) is 7.51. The Morgan fingerprint density at radius 2 is 2.05 bits per heavy atom. The Bertz CT molecular complexity index is 630. The van der Waals surface area contributed by atoms with Crippen LogP contribution in [0.3, 0.4) is 0 Å². The van der Waals surface area contributed by atoms with Crippen molar-refractivity contribution in [3.05, 3.63) is 24.2 Å². The molecule has 0 aromatic carbocycles. The highest BCUT2D eigenvalue weighted by atomic mass is 32.2. The Hall–Kier alpha value is -1.40. The molecule has 0 saturated carbocycles. The van der Waals surface area contributed by atoms with E-state index in [1.807, 2.05) is 11.0 Å². The topological polar surface area (TPSA) is 80.8 Å². The number of rotatable bonds is 4. The predicted octanol–water partition coefficient (Wildman–Crippen LogP) is 0.802. The zero-order valence-corrected chi connectivity index (χ0v) is 13.2. The maximum absolute atomic E-state index is 12.9. The summed E-state index contributed by atoms with van der Waals surface area (Å²) in [5.74, 6) is 0.712. The SMILES string of the molecule is N#CCN1CCN(S(=O)(=O)N2CCCC2c2ccco2)CC1. The molecule has 3 heterocycles. The molecule has 1 unspecified atom stereocenters. The molecule has 0 radical (unpaired) electrons. The Morgan fingerprint density at radius 1 is 1.27 bits per heavy atom. The molecule has 1 aromatic rings. The minimum atomic E-state index is -3.48. The zero-order valence-electron chi connectivity index (χ0n) is 12.4. The summed E-state index contributed by atoms with van der Waals surface area (Å²) in [6, 6.07) is 5.54. The van der Waals surface area contributed by atoms with E-state index in [1.165, 1.54) is 4.31 Å². The molecule has 2 aliphatic rings. The molecule has 2 aliphatic heterocycles. The molecule has 8 heteroatoms. The summed E-state index contributed by atoms with van der Waals surface area (Å²) in [5.41, 5.74) is 0. The second-order valence-electron chi connectivity index (χ2n) is 5.63. The van der Waals surface area contributed by atoms with Gasteiger partial charge in [0.25, 0.3) is 10.2 Å². The fraction of sp³-hybridized carbons (Fsp3) is 0.643. The normalized spacial score (nSPS) is 25.3. The molecule has 3 rings (SSSR count). The zero-order chi connectivity index (χ0) is 15.6. The molecule has 0 aliphatic carbocycles. The van der Waals surface area contributed by atoms with Gasteiger partial charge in [0.2, 0.25) is 0 Å². The van der Waals surface area contributed by atoms with Gasteiger partial charge in [0, 0.05) is 32.7 Å². The van der Waals surface area contributed by atoms with Crippen LogP contribution >= 0.6 is 0 Å². The van der Waals surface area contributed by atoms with Crippen molar-refractivity contribution in [1.29, 1.82) is 5.26 Å². The first-order valence-corrected chi connectivity index (χ1v) is 8.92. The second kappa shape index (κ2) is 6.38. The summed E-state index contributed by atoms with van der Waals surface area (Å²) in [4.78, 5) is 1.97. The van der Waals surface area contributed by atoms with Crippen LogP contribution in [0.1, 0.15) is 24.6 Å². The minimum Gasteiger partial charge on any atom is -0.468 e. The lowest BCUT2D eigenvalue weighted by Gasteiger charge is -2.36. The number of hydrogen-bond donors (Lipinski definition) is 0. The van der Waals surface area contributed by atoms with Crippen molar-refractivity contribution < 1.29 is 12.8 Å². The van der Waals surface area contributed by atoms with Crippen LogP contribution in [0, 0.1) is 11.3 Å². The van der Waals surface area contributed by atoms with E-state index in [0.717, 1.165) is 12.8 Å². The maximum atomic E-state index is 12.9. The van der Waals surface area contributed by atoms with Crippen molar-refractivity contribution in [2.45, 2.75) is 18.9 Å². The van der Waals surface area contributed by atoms with Gasteiger partial charge in [-0.15, -0.1) is 0 Å². The minimum absolute atomic E-state index is 0.197. The molecule has 2 fully saturated rings. The van der Waals surface area contributed by atoms with E-state index in [1.54, 1.807) is 16.6 Å². The quantitative estimate of drug-likeness (QED) is 0.765. The molecule has 0 amide bonds. The van der Waals surface area contributed by atoms with Gasteiger partial charge < -0.3 is 4.42 Å². The van der Waals surface area contributed by atoms with Crippen LogP contribution in [0.25, 0.3) is 0 Å². The smallest absolute Gasteiger partial charge is 0.282 e. The molecule has 2 saturated heterocycles. The number of hydrogen-bond acceptors (Lipinski definition) is 5. The molecular formula is C14H20N4O3S. The van der Waals surface area contributed by atoms with Crippen molar-refractivity contribution >= 4 is 10.2 Å². The van der Waals surface area contributed by atoms with Crippen molar-refractivity contribution in [2.24, 2.45) is 0 Å². The monoisotopic (exact) mass is 324 g/mol. The summed E-state index contributed by atoms with van der Waals surface area (Å²) in [5, 5.41) is 8.72. The number of furan rings is 1. The lowest BCUT2D eigenvalue weighted by Crippen LogP contribution is -2.52. The van der Waals surface area contributed by atoms with E-state index in [4.69, 9.17) is 9.68 Å². The first-order valence-electron chi connectivity index (χ1n) is 7.52.